The Morgan fingerprint density at radius 2 is 1.72 bits per heavy atom. The normalized spacial score (nSPS) is 51.0. The van der Waals surface area contributed by atoms with Gasteiger partial charge in [0.25, 0.3) is 0 Å². The summed E-state index contributed by atoms with van der Waals surface area (Å²) in [7, 11) is 0. The Hall–Kier alpha value is -1.86. The van der Waals surface area contributed by atoms with Gasteiger partial charge in [-0.1, -0.05) is 39.7 Å². The molecule has 2 saturated carbocycles. The molecule has 5 N–H and O–H groups in total. The Labute approximate surface area is 271 Å². The second-order valence-corrected chi connectivity index (χ2v) is 15.5. The minimum absolute atomic E-state index is 0.0221. The molecule has 3 saturated heterocycles. The van der Waals surface area contributed by atoms with Crippen molar-refractivity contribution in [3.05, 3.63) is 23.0 Å². The van der Waals surface area contributed by atoms with Crippen LogP contribution in [-0.4, -0.2) is 103 Å². The third-order valence-electron chi connectivity index (χ3n) is 12.5. The Morgan fingerprint density at radius 1 is 1.02 bits per heavy atom. The van der Waals surface area contributed by atoms with Crippen molar-refractivity contribution in [2.24, 2.45) is 41.4 Å². The summed E-state index contributed by atoms with van der Waals surface area (Å²) >= 11 is 0. The topological polar surface area (TPSA) is 173 Å². The Kier molecular flexibility index (Phi) is 9.28. The molecule has 258 valence electrons. The summed E-state index contributed by atoms with van der Waals surface area (Å²) in [6.45, 7) is 11.0. The number of hydrogen-bond acceptors (Lipinski definition) is 11. The van der Waals surface area contributed by atoms with E-state index in [4.69, 9.17) is 14.3 Å². The van der Waals surface area contributed by atoms with Crippen LogP contribution in [0.15, 0.2) is 23.0 Å². The largest absolute Gasteiger partial charge is 0.511 e. The Bertz CT molecular complexity index is 1250. The van der Waals surface area contributed by atoms with Gasteiger partial charge in [0.15, 0.2) is 5.78 Å². The smallest absolute Gasteiger partial charge is 0.364 e. The number of ketones is 1. The number of epoxide rings is 2. The lowest BCUT2D eigenvalue weighted by Gasteiger charge is -2.49. The van der Waals surface area contributed by atoms with Crippen molar-refractivity contribution >= 4 is 11.8 Å². The van der Waals surface area contributed by atoms with Crippen molar-refractivity contribution in [1.29, 1.82) is 0 Å². The lowest BCUT2D eigenvalue weighted by atomic mass is 9.53. The van der Waals surface area contributed by atoms with E-state index in [0.717, 1.165) is 37.2 Å². The maximum absolute atomic E-state index is 13.9. The van der Waals surface area contributed by atoms with E-state index in [1.54, 1.807) is 26.8 Å². The number of carbonyl (C=O) groups is 2. The highest BCUT2D eigenvalue weighted by Gasteiger charge is 2.73. The van der Waals surface area contributed by atoms with Crippen LogP contribution in [0, 0.1) is 41.4 Å². The lowest BCUT2D eigenvalue weighted by molar-refractivity contribution is -0.238. The van der Waals surface area contributed by atoms with Crippen LogP contribution in [0.4, 0.5) is 0 Å². The fourth-order valence-corrected chi connectivity index (χ4v) is 9.84. The molecule has 5 fully saturated rings. The molecule has 0 radical (unpaired) electrons. The minimum Gasteiger partial charge on any atom is -0.511 e. The van der Waals surface area contributed by atoms with Crippen molar-refractivity contribution in [3.8, 4) is 0 Å². The zero-order valence-corrected chi connectivity index (χ0v) is 27.9. The highest BCUT2D eigenvalue weighted by atomic mass is 16.7. The fourth-order valence-electron chi connectivity index (χ4n) is 9.84. The monoisotopic (exact) mass is 647 g/mol. The fraction of sp³-hybridized carbons (Fsp3) is 0.829. The maximum Gasteiger partial charge on any atom is 0.364 e. The predicted molar refractivity (Wildman–Crippen MR) is 166 cm³/mol. The Balaban J connectivity index is 1.42. The number of aliphatic hydroxyl groups excluding tert-OH is 5. The molecule has 0 aromatic heterocycles. The molecule has 17 atom stereocenters. The average Bonchev–Trinajstić information content (AvgIpc) is 3.92. The maximum atomic E-state index is 13.9. The summed E-state index contributed by atoms with van der Waals surface area (Å²) in [5, 5.41) is 57.9. The van der Waals surface area contributed by atoms with Crippen LogP contribution in [-0.2, 0) is 23.9 Å². The van der Waals surface area contributed by atoms with Crippen LogP contribution in [0.3, 0.4) is 0 Å². The molecule has 7 aliphatic rings. The van der Waals surface area contributed by atoms with Gasteiger partial charge in [-0.15, -0.1) is 5.06 Å². The average molecular weight is 648 g/mol. The quantitative estimate of drug-likeness (QED) is 0.173. The number of hydrogen-bond donors (Lipinski definition) is 5. The van der Waals surface area contributed by atoms with Gasteiger partial charge in [-0.3, -0.25) is 4.79 Å². The molecule has 1 unspecified atom stereocenters. The number of rotatable bonds is 3. The van der Waals surface area contributed by atoms with Crippen molar-refractivity contribution in [1.82, 2.24) is 5.06 Å². The van der Waals surface area contributed by atoms with Crippen LogP contribution in [0.5, 0.6) is 0 Å². The van der Waals surface area contributed by atoms with Gasteiger partial charge in [0.05, 0.1) is 36.6 Å². The van der Waals surface area contributed by atoms with Crippen LogP contribution >= 0.6 is 0 Å². The van der Waals surface area contributed by atoms with E-state index in [9.17, 15) is 35.1 Å². The zero-order valence-electron chi connectivity index (χ0n) is 27.9. The number of carbonyl (C=O) groups excluding carboxylic acids is 2. The van der Waals surface area contributed by atoms with Gasteiger partial charge in [-0.25, -0.2) is 4.79 Å². The first-order valence-corrected chi connectivity index (χ1v) is 17.3. The molecular formula is C35H53NO10. The predicted octanol–water partition coefficient (Wildman–Crippen LogP) is 2.60. The number of hydroxylamine groups is 2. The van der Waals surface area contributed by atoms with Crippen molar-refractivity contribution < 1.29 is 49.4 Å². The summed E-state index contributed by atoms with van der Waals surface area (Å²) in [6, 6.07) is -1.53. The second kappa shape index (κ2) is 12.5. The number of fused-ring (bicyclic) bond motifs is 12. The molecule has 46 heavy (non-hydrogen) atoms. The van der Waals surface area contributed by atoms with E-state index in [2.05, 4.69) is 20.8 Å². The lowest BCUT2D eigenvalue weighted by Crippen LogP contribution is -2.62. The van der Waals surface area contributed by atoms with E-state index in [0.29, 0.717) is 17.9 Å². The Morgan fingerprint density at radius 3 is 2.39 bits per heavy atom. The first-order chi connectivity index (χ1) is 21.7. The first kappa shape index (κ1) is 34.0. The standard InChI is InChI=1S/C35H53NO10/c1-7-16(3)27(38)30(41)26-31(42)28(39)17(4)10-8-9-11-21-35(6,45-21)25-24(29(40)23-20(37)14-36(26)46-34(23)43)22-18(5)12-15(2)13-19(22)32-33(25)44-32/h7,15,17-19,21-22,24-28,30-33,38-42H,8-14H2,1-6H3/b16-7+,29-23+/t15-,17-,18+,19-,21-,22+,24-,25+,26-,27-,28+,30+,31+,32+,33-,35-/m0/s1. The summed E-state index contributed by atoms with van der Waals surface area (Å²) in [5.41, 5.74) is -0.616. The molecule has 7 rings (SSSR count). The van der Waals surface area contributed by atoms with Gasteiger partial charge in [-0.2, -0.15) is 0 Å². The SMILES string of the molecule is C/C=C(\C)[C@H](O)[C@H](O)[C@H]1[C@@H](O)[C@H](O)[C@@H](C)CCCC[C@@H]2O[C@]2(C)[C@H]2[C@@H]3O[C@@H]3[C@H]3C[C@@H](C)C[C@@H](C)[C@H]3[C@@H]2/C(O)=C2/C(=O)CN1OC2=O. The second-order valence-electron chi connectivity index (χ2n) is 15.5. The van der Waals surface area contributed by atoms with Gasteiger partial charge >= 0.3 is 5.97 Å². The van der Waals surface area contributed by atoms with Gasteiger partial charge < -0.3 is 39.8 Å². The number of ether oxygens (including phenoxy) is 2. The van der Waals surface area contributed by atoms with Gasteiger partial charge in [-0.05, 0) is 81.6 Å². The number of Topliss-reactive ketones (excluding diaryl/α,β-unsaturated/α-hetero) is 1. The van der Waals surface area contributed by atoms with E-state index in [-0.39, 0.29) is 47.7 Å². The zero-order chi connectivity index (χ0) is 33.4. The van der Waals surface area contributed by atoms with E-state index >= 15 is 0 Å². The third-order valence-corrected chi connectivity index (χ3v) is 12.5. The molecule has 11 heteroatoms. The van der Waals surface area contributed by atoms with Crippen LogP contribution in [0.2, 0.25) is 0 Å². The molecule has 0 aromatic carbocycles. The highest BCUT2D eigenvalue weighted by molar-refractivity contribution is 6.19. The van der Waals surface area contributed by atoms with Gasteiger partial charge in [0.1, 0.15) is 35.7 Å². The number of aliphatic hydroxyl groups is 5. The van der Waals surface area contributed by atoms with E-state index in [1.807, 2.05) is 0 Å². The molecule has 5 heterocycles. The van der Waals surface area contributed by atoms with E-state index in [1.165, 1.54) is 0 Å². The van der Waals surface area contributed by atoms with Gasteiger partial charge in [0.2, 0.25) is 0 Å². The van der Waals surface area contributed by atoms with Crippen LogP contribution < -0.4 is 0 Å². The van der Waals surface area contributed by atoms with Crippen molar-refractivity contribution in [2.45, 2.75) is 134 Å². The van der Waals surface area contributed by atoms with Crippen molar-refractivity contribution in [2.75, 3.05) is 6.54 Å². The van der Waals surface area contributed by atoms with Gasteiger partial charge in [0, 0.05) is 11.8 Å². The molecule has 11 nitrogen and oxygen atoms in total. The molecule has 2 aliphatic carbocycles. The molecule has 5 aliphatic heterocycles. The summed E-state index contributed by atoms with van der Waals surface area (Å²) in [4.78, 5) is 33.4. The van der Waals surface area contributed by atoms with Crippen LogP contribution in [0.1, 0.15) is 80.1 Å². The molecule has 0 spiro atoms. The van der Waals surface area contributed by atoms with Crippen LogP contribution in [0.25, 0.3) is 0 Å². The molecule has 2 bridgehead atoms. The third kappa shape index (κ3) is 5.67. The summed E-state index contributed by atoms with van der Waals surface area (Å²) in [5.74, 6) is -2.44. The number of allylic oxidation sites excluding steroid dienone is 2. The minimum atomic E-state index is -1.71. The number of nitrogens with zero attached hydrogens (tertiary/aromatic N) is 1. The molecule has 0 amide bonds. The summed E-state index contributed by atoms with van der Waals surface area (Å²) in [6.07, 6.45) is 0.0892. The molecular weight excluding hydrogens is 594 g/mol. The van der Waals surface area contributed by atoms with Crippen molar-refractivity contribution in [3.63, 3.8) is 0 Å². The summed E-state index contributed by atoms with van der Waals surface area (Å²) < 4.78 is 12.8. The van der Waals surface area contributed by atoms with E-state index < -0.39 is 71.8 Å². The first-order valence-electron chi connectivity index (χ1n) is 17.3. The molecule has 0 aromatic rings. The highest BCUT2D eigenvalue weighted by Crippen LogP contribution is 2.65.